The molecule has 4 bridgehead atoms. The summed E-state index contributed by atoms with van der Waals surface area (Å²) in [6.07, 6.45) is 4.42. The average Bonchev–Trinajstić information content (AvgIpc) is 2.73. The highest BCUT2D eigenvalue weighted by molar-refractivity contribution is 7.99. The topological polar surface area (TPSA) is 86.7 Å². The molecule has 22 heavy (non-hydrogen) atoms. The van der Waals surface area contributed by atoms with Gasteiger partial charge in [-0.05, 0) is 25.7 Å². The van der Waals surface area contributed by atoms with Crippen molar-refractivity contribution in [3.8, 4) is 0 Å². The molecule has 0 aliphatic carbocycles. The van der Waals surface area contributed by atoms with E-state index in [0.717, 1.165) is 12.8 Å². The van der Waals surface area contributed by atoms with Crippen molar-refractivity contribution in [2.75, 3.05) is 11.5 Å². The number of carboxylic acids is 1. The first kappa shape index (κ1) is 15.8. The van der Waals surface area contributed by atoms with Crippen LogP contribution >= 0.6 is 11.8 Å². The Hall–Kier alpha value is -1.08. The van der Waals surface area contributed by atoms with Crippen LogP contribution in [0.15, 0.2) is 0 Å². The molecule has 4 aliphatic rings. The van der Waals surface area contributed by atoms with E-state index in [1.807, 2.05) is 0 Å². The lowest BCUT2D eigenvalue weighted by Crippen LogP contribution is -2.61. The Morgan fingerprint density at radius 2 is 2.00 bits per heavy atom. The molecule has 1 amide bonds. The number of ketones is 1. The molecule has 4 aliphatic heterocycles. The van der Waals surface area contributed by atoms with Gasteiger partial charge in [-0.2, -0.15) is 11.8 Å². The van der Waals surface area contributed by atoms with Crippen LogP contribution in [0.5, 0.6) is 0 Å². The number of Topliss-reactive ketones (excluding diaryl/α,β-unsaturated/α-hetero) is 1. The summed E-state index contributed by atoms with van der Waals surface area (Å²) in [5.74, 6) is 0.118. The Labute approximate surface area is 134 Å². The Kier molecular flexibility index (Phi) is 4.45. The lowest BCUT2D eigenvalue weighted by atomic mass is 9.78. The summed E-state index contributed by atoms with van der Waals surface area (Å²) in [7, 11) is 0. The van der Waals surface area contributed by atoms with E-state index in [2.05, 4.69) is 10.2 Å². The second-order valence-electron chi connectivity index (χ2n) is 6.55. The second kappa shape index (κ2) is 6.20. The number of carbonyl (C=O) groups is 3. The first-order chi connectivity index (χ1) is 10.5. The Balaban J connectivity index is 1.56. The monoisotopic (exact) mass is 326 g/mol. The van der Waals surface area contributed by atoms with Crippen LogP contribution < -0.4 is 5.32 Å². The van der Waals surface area contributed by atoms with Crippen LogP contribution in [0.3, 0.4) is 0 Å². The number of amides is 1. The van der Waals surface area contributed by atoms with Crippen LogP contribution in [0, 0.1) is 5.92 Å². The van der Waals surface area contributed by atoms with Crippen molar-refractivity contribution >= 4 is 29.4 Å². The van der Waals surface area contributed by atoms with E-state index in [9.17, 15) is 14.4 Å². The van der Waals surface area contributed by atoms with Gasteiger partial charge in [0.1, 0.15) is 6.04 Å². The molecule has 4 fully saturated rings. The van der Waals surface area contributed by atoms with Crippen molar-refractivity contribution in [2.24, 2.45) is 5.92 Å². The lowest BCUT2D eigenvalue weighted by Gasteiger charge is -2.49. The standard InChI is InChI=1S/C15H22N2O4S/c1-8(18)16-12(15(20)21)6-22-7-13-14(19)9-4-10-2-3-11(5-9)17(10)13/h9-13H,2-7H2,1H3,(H,16,18)(H,20,21)/t9?,10?,11?,12-,13?/m0/s1. The highest BCUT2D eigenvalue weighted by Gasteiger charge is 2.53. The minimum atomic E-state index is -1.03. The number of fused-ring (bicyclic) bond motifs is 1. The molecule has 4 saturated heterocycles. The number of hydrogen-bond donors (Lipinski definition) is 2. The number of carbonyl (C=O) groups excluding carboxylic acids is 2. The molecule has 4 atom stereocenters. The van der Waals surface area contributed by atoms with E-state index in [-0.39, 0.29) is 17.9 Å². The van der Waals surface area contributed by atoms with Crippen molar-refractivity contribution in [3.63, 3.8) is 0 Å². The molecule has 7 heteroatoms. The number of piperidine rings is 3. The molecular weight excluding hydrogens is 304 g/mol. The number of hydrogen-bond acceptors (Lipinski definition) is 5. The first-order valence-corrected chi connectivity index (χ1v) is 9.01. The predicted molar refractivity (Wildman–Crippen MR) is 82.7 cm³/mol. The van der Waals surface area contributed by atoms with Gasteiger partial charge >= 0.3 is 5.97 Å². The van der Waals surface area contributed by atoms with Gasteiger partial charge in [-0.25, -0.2) is 4.79 Å². The van der Waals surface area contributed by atoms with E-state index in [4.69, 9.17) is 5.11 Å². The second-order valence-corrected chi connectivity index (χ2v) is 7.62. The lowest BCUT2D eigenvalue weighted by molar-refractivity contribution is -0.140. The molecule has 3 unspecified atom stereocenters. The quantitative estimate of drug-likeness (QED) is 0.739. The minimum absolute atomic E-state index is 0.0539. The van der Waals surface area contributed by atoms with Gasteiger partial charge in [-0.3, -0.25) is 14.5 Å². The van der Waals surface area contributed by atoms with Gasteiger partial charge in [0.25, 0.3) is 0 Å². The summed E-state index contributed by atoms with van der Waals surface area (Å²) in [4.78, 5) is 37.0. The normalized spacial score (nSPS) is 37.1. The Morgan fingerprint density at radius 3 is 2.55 bits per heavy atom. The summed E-state index contributed by atoms with van der Waals surface area (Å²) in [5, 5.41) is 11.5. The molecule has 0 aromatic rings. The number of rotatable bonds is 6. The van der Waals surface area contributed by atoms with E-state index in [0.29, 0.717) is 29.4 Å². The summed E-state index contributed by atoms with van der Waals surface area (Å²) in [6, 6.07) is 0.169. The molecule has 4 heterocycles. The Morgan fingerprint density at radius 1 is 1.36 bits per heavy atom. The maximum Gasteiger partial charge on any atom is 0.327 e. The Bertz CT molecular complexity index is 484. The highest BCUT2D eigenvalue weighted by atomic mass is 32.2. The van der Waals surface area contributed by atoms with E-state index in [1.165, 1.54) is 31.5 Å². The number of nitrogens with zero attached hydrogens (tertiary/aromatic N) is 1. The van der Waals surface area contributed by atoms with E-state index < -0.39 is 12.0 Å². The number of thioether (sulfide) groups is 1. The molecule has 0 aromatic carbocycles. The SMILES string of the molecule is CC(=O)N[C@@H](CSCC1C(=O)C2CC3CCC(C2)N31)C(=O)O. The van der Waals surface area contributed by atoms with Crippen molar-refractivity contribution in [3.05, 3.63) is 0 Å². The van der Waals surface area contributed by atoms with Crippen molar-refractivity contribution in [1.29, 1.82) is 0 Å². The molecule has 0 radical (unpaired) electrons. The predicted octanol–water partition coefficient (Wildman–Crippen LogP) is 0.503. The van der Waals surface area contributed by atoms with Crippen LogP contribution in [0.1, 0.15) is 32.6 Å². The van der Waals surface area contributed by atoms with Crippen LogP contribution in [0.25, 0.3) is 0 Å². The molecule has 122 valence electrons. The number of nitrogens with one attached hydrogen (secondary N) is 1. The third-order valence-corrected chi connectivity index (χ3v) is 6.24. The van der Waals surface area contributed by atoms with Crippen molar-refractivity contribution in [2.45, 2.75) is 56.8 Å². The molecular formula is C15H22N2O4S. The van der Waals surface area contributed by atoms with Gasteiger partial charge in [0.15, 0.2) is 5.78 Å². The van der Waals surface area contributed by atoms with Gasteiger partial charge < -0.3 is 10.4 Å². The zero-order valence-electron chi connectivity index (χ0n) is 12.7. The van der Waals surface area contributed by atoms with E-state index >= 15 is 0 Å². The summed E-state index contributed by atoms with van der Waals surface area (Å²) in [6.45, 7) is 1.31. The van der Waals surface area contributed by atoms with Crippen LogP contribution in [-0.2, 0) is 14.4 Å². The molecule has 0 spiro atoms. The zero-order valence-corrected chi connectivity index (χ0v) is 13.5. The fraction of sp³-hybridized carbons (Fsp3) is 0.800. The van der Waals surface area contributed by atoms with Crippen molar-refractivity contribution < 1.29 is 19.5 Å². The van der Waals surface area contributed by atoms with Crippen LogP contribution in [0.2, 0.25) is 0 Å². The largest absolute Gasteiger partial charge is 0.480 e. The van der Waals surface area contributed by atoms with Crippen molar-refractivity contribution in [1.82, 2.24) is 10.2 Å². The summed E-state index contributed by atoms with van der Waals surface area (Å²) < 4.78 is 0. The van der Waals surface area contributed by atoms with E-state index in [1.54, 1.807) is 0 Å². The summed E-state index contributed by atoms with van der Waals surface area (Å²) >= 11 is 1.46. The first-order valence-electron chi connectivity index (χ1n) is 7.86. The zero-order chi connectivity index (χ0) is 15.9. The molecule has 2 N–H and O–H groups in total. The highest BCUT2D eigenvalue weighted by Crippen LogP contribution is 2.46. The molecule has 6 nitrogen and oxygen atoms in total. The average molecular weight is 326 g/mol. The molecule has 4 rings (SSSR count). The number of aliphatic carboxylic acids is 1. The van der Waals surface area contributed by atoms with Gasteiger partial charge in [0, 0.05) is 36.4 Å². The van der Waals surface area contributed by atoms with Gasteiger partial charge in [-0.1, -0.05) is 0 Å². The van der Waals surface area contributed by atoms with Crippen LogP contribution in [-0.4, -0.2) is 63.3 Å². The fourth-order valence-corrected chi connectivity index (χ4v) is 5.42. The maximum absolute atomic E-state index is 12.5. The van der Waals surface area contributed by atoms with Gasteiger partial charge in [0.05, 0.1) is 6.04 Å². The van der Waals surface area contributed by atoms with Crippen LogP contribution in [0.4, 0.5) is 0 Å². The maximum atomic E-state index is 12.5. The minimum Gasteiger partial charge on any atom is -0.480 e. The molecule has 0 aromatic heterocycles. The molecule has 0 saturated carbocycles. The van der Waals surface area contributed by atoms with Gasteiger partial charge in [0.2, 0.25) is 5.91 Å². The number of carboxylic acid groups (broad SMARTS) is 1. The smallest absolute Gasteiger partial charge is 0.327 e. The third-order valence-electron chi connectivity index (χ3n) is 5.12. The third kappa shape index (κ3) is 2.88. The summed E-state index contributed by atoms with van der Waals surface area (Å²) in [5.41, 5.74) is 0. The fourth-order valence-electron chi connectivity index (χ4n) is 4.26. The van der Waals surface area contributed by atoms with Gasteiger partial charge in [-0.15, -0.1) is 0 Å².